The first-order valence-corrected chi connectivity index (χ1v) is 5.89. The van der Waals surface area contributed by atoms with Gasteiger partial charge in [-0.25, -0.2) is 4.39 Å². The Morgan fingerprint density at radius 2 is 2.05 bits per heavy atom. The third-order valence-electron chi connectivity index (χ3n) is 2.61. The van der Waals surface area contributed by atoms with Crippen LogP contribution in [0.1, 0.15) is 11.1 Å². The summed E-state index contributed by atoms with van der Waals surface area (Å²) in [4.78, 5) is 0. The summed E-state index contributed by atoms with van der Waals surface area (Å²) in [5, 5.41) is 21.8. The maximum atomic E-state index is 13.0. The topological polar surface area (TPSA) is 56.0 Å². The van der Waals surface area contributed by atoms with Crippen LogP contribution < -0.4 is 5.32 Å². The molecular formula is C14H10ClFN2O. The molecule has 2 aromatic carbocycles. The predicted octanol–water partition coefficient (Wildman–Crippen LogP) is 3.67. The largest absolute Gasteiger partial charge is 0.508 e. The molecule has 0 aliphatic rings. The average Bonchev–Trinajstić information content (AvgIpc) is 2.41. The molecule has 2 aromatic rings. The lowest BCUT2D eigenvalue weighted by molar-refractivity contribution is 0.466. The lowest BCUT2D eigenvalue weighted by Gasteiger charge is -2.09. The Kier molecular flexibility index (Phi) is 3.88. The summed E-state index contributed by atoms with van der Waals surface area (Å²) in [5.74, 6) is -0.396. The first-order valence-electron chi connectivity index (χ1n) is 5.51. The smallest absolute Gasteiger partial charge is 0.123 e. The number of benzene rings is 2. The Hall–Kier alpha value is -2.25. The van der Waals surface area contributed by atoms with E-state index in [4.69, 9.17) is 16.9 Å². The zero-order valence-corrected chi connectivity index (χ0v) is 10.6. The minimum Gasteiger partial charge on any atom is -0.508 e. The van der Waals surface area contributed by atoms with E-state index in [1.54, 1.807) is 18.2 Å². The maximum Gasteiger partial charge on any atom is 0.123 e. The quantitative estimate of drug-likeness (QED) is 0.899. The van der Waals surface area contributed by atoms with Crippen molar-refractivity contribution in [1.82, 2.24) is 0 Å². The van der Waals surface area contributed by atoms with Gasteiger partial charge in [0.05, 0.1) is 10.6 Å². The number of hydrogen-bond acceptors (Lipinski definition) is 3. The van der Waals surface area contributed by atoms with Crippen molar-refractivity contribution in [2.24, 2.45) is 0 Å². The molecule has 0 heterocycles. The third kappa shape index (κ3) is 3.15. The monoisotopic (exact) mass is 276 g/mol. The summed E-state index contributed by atoms with van der Waals surface area (Å²) in [6.07, 6.45) is 0. The number of nitrogens with one attached hydrogen (secondary N) is 1. The molecule has 2 rings (SSSR count). The van der Waals surface area contributed by atoms with Crippen LogP contribution in [0.15, 0.2) is 36.4 Å². The van der Waals surface area contributed by atoms with Crippen LogP contribution in [0.3, 0.4) is 0 Å². The summed E-state index contributed by atoms with van der Waals surface area (Å²) in [5.41, 5.74) is 1.47. The van der Waals surface area contributed by atoms with E-state index in [-0.39, 0.29) is 12.3 Å². The van der Waals surface area contributed by atoms with Gasteiger partial charge in [-0.2, -0.15) is 5.26 Å². The van der Waals surface area contributed by atoms with E-state index >= 15 is 0 Å². The van der Waals surface area contributed by atoms with Crippen LogP contribution in [-0.2, 0) is 6.54 Å². The molecule has 0 atom stereocenters. The second kappa shape index (κ2) is 5.59. The Labute approximate surface area is 114 Å². The van der Waals surface area contributed by atoms with E-state index in [0.29, 0.717) is 21.8 Å². The van der Waals surface area contributed by atoms with E-state index < -0.39 is 5.82 Å². The summed E-state index contributed by atoms with van der Waals surface area (Å²) >= 11 is 5.82. The number of rotatable bonds is 3. The van der Waals surface area contributed by atoms with Gasteiger partial charge in [0.1, 0.15) is 17.6 Å². The molecule has 0 saturated carbocycles. The maximum absolute atomic E-state index is 13.0. The normalized spacial score (nSPS) is 9.95. The van der Waals surface area contributed by atoms with Crippen LogP contribution in [0.4, 0.5) is 10.1 Å². The second-order valence-electron chi connectivity index (χ2n) is 3.93. The molecule has 96 valence electrons. The molecule has 0 aromatic heterocycles. The van der Waals surface area contributed by atoms with Gasteiger partial charge >= 0.3 is 0 Å². The van der Waals surface area contributed by atoms with Gasteiger partial charge in [0.15, 0.2) is 0 Å². The molecule has 0 saturated heterocycles. The van der Waals surface area contributed by atoms with Gasteiger partial charge in [0, 0.05) is 17.8 Å². The zero-order chi connectivity index (χ0) is 13.8. The predicted molar refractivity (Wildman–Crippen MR) is 71.6 cm³/mol. The molecule has 0 spiro atoms. The van der Waals surface area contributed by atoms with Crippen molar-refractivity contribution in [3.05, 3.63) is 58.4 Å². The fraction of sp³-hybridized carbons (Fsp3) is 0.0714. The van der Waals surface area contributed by atoms with Crippen molar-refractivity contribution < 1.29 is 9.50 Å². The Morgan fingerprint density at radius 1 is 1.26 bits per heavy atom. The minimum absolute atomic E-state index is 0.0170. The number of phenols is 1. The van der Waals surface area contributed by atoms with Gasteiger partial charge in [-0.05, 0) is 36.4 Å². The number of hydrogen-bond donors (Lipinski definition) is 2. The van der Waals surface area contributed by atoms with E-state index in [9.17, 15) is 9.50 Å². The van der Waals surface area contributed by atoms with Crippen LogP contribution in [0.2, 0.25) is 5.02 Å². The molecule has 5 heteroatoms. The molecule has 0 bridgehead atoms. The van der Waals surface area contributed by atoms with Crippen molar-refractivity contribution in [2.45, 2.75) is 6.54 Å². The van der Waals surface area contributed by atoms with E-state index in [1.807, 2.05) is 6.07 Å². The van der Waals surface area contributed by atoms with Crippen molar-refractivity contribution in [2.75, 3.05) is 5.32 Å². The molecule has 0 fully saturated rings. The van der Waals surface area contributed by atoms with Gasteiger partial charge in [-0.1, -0.05) is 11.6 Å². The molecule has 3 nitrogen and oxygen atoms in total. The van der Waals surface area contributed by atoms with E-state index in [1.165, 1.54) is 18.2 Å². The van der Waals surface area contributed by atoms with Gasteiger partial charge in [0.25, 0.3) is 0 Å². The highest BCUT2D eigenvalue weighted by Gasteiger charge is 2.04. The number of aromatic hydroxyl groups is 1. The Bertz CT molecular complexity index is 652. The highest BCUT2D eigenvalue weighted by Crippen LogP contribution is 2.22. The van der Waals surface area contributed by atoms with Gasteiger partial charge in [-0.15, -0.1) is 0 Å². The number of halogens is 2. The molecular weight excluding hydrogens is 267 g/mol. The first-order chi connectivity index (χ1) is 9.10. The molecule has 0 unspecified atom stereocenters. The van der Waals surface area contributed by atoms with Crippen LogP contribution in [0.25, 0.3) is 0 Å². The van der Waals surface area contributed by atoms with Gasteiger partial charge in [-0.3, -0.25) is 0 Å². The van der Waals surface area contributed by atoms with Crippen molar-refractivity contribution >= 4 is 17.3 Å². The lowest BCUT2D eigenvalue weighted by Crippen LogP contribution is -2.00. The van der Waals surface area contributed by atoms with Crippen molar-refractivity contribution in [1.29, 1.82) is 5.26 Å². The van der Waals surface area contributed by atoms with Gasteiger partial charge in [0.2, 0.25) is 0 Å². The van der Waals surface area contributed by atoms with Gasteiger partial charge < -0.3 is 10.4 Å². The van der Waals surface area contributed by atoms with E-state index in [2.05, 4.69) is 5.32 Å². The summed E-state index contributed by atoms with van der Waals surface area (Å²) in [6, 6.07) is 10.6. The molecule has 19 heavy (non-hydrogen) atoms. The Morgan fingerprint density at radius 3 is 2.79 bits per heavy atom. The summed E-state index contributed by atoms with van der Waals surface area (Å²) in [7, 11) is 0. The van der Waals surface area contributed by atoms with Crippen LogP contribution in [0.5, 0.6) is 5.75 Å². The fourth-order valence-corrected chi connectivity index (χ4v) is 1.77. The highest BCUT2D eigenvalue weighted by atomic mass is 35.5. The summed E-state index contributed by atoms with van der Waals surface area (Å²) in [6.45, 7) is 0.246. The second-order valence-corrected chi connectivity index (χ2v) is 4.34. The summed E-state index contributed by atoms with van der Waals surface area (Å²) < 4.78 is 13.0. The molecule has 0 aliphatic carbocycles. The van der Waals surface area contributed by atoms with Crippen molar-refractivity contribution in [3.63, 3.8) is 0 Å². The highest BCUT2D eigenvalue weighted by molar-refractivity contribution is 6.31. The average molecular weight is 277 g/mol. The Balaban J connectivity index is 2.15. The van der Waals surface area contributed by atoms with Crippen LogP contribution in [0, 0.1) is 17.1 Å². The van der Waals surface area contributed by atoms with Crippen LogP contribution >= 0.6 is 11.6 Å². The number of phenolic OH excluding ortho intramolecular Hbond substituents is 1. The van der Waals surface area contributed by atoms with Crippen LogP contribution in [-0.4, -0.2) is 5.11 Å². The third-order valence-corrected chi connectivity index (χ3v) is 2.94. The zero-order valence-electron chi connectivity index (χ0n) is 9.82. The number of nitrogens with zero attached hydrogens (tertiary/aromatic N) is 1. The lowest BCUT2D eigenvalue weighted by atomic mass is 10.1. The molecule has 0 aliphatic heterocycles. The minimum atomic E-state index is -0.413. The van der Waals surface area contributed by atoms with E-state index in [0.717, 1.165) is 0 Å². The SMILES string of the molecule is N#Cc1cc(NCc2cc(F)ccc2O)ccc1Cl. The van der Waals surface area contributed by atoms with Crippen molar-refractivity contribution in [3.8, 4) is 11.8 Å². The number of anilines is 1. The molecule has 0 amide bonds. The molecule has 0 radical (unpaired) electrons. The number of nitriles is 1. The first kappa shape index (κ1) is 13.2. The molecule has 2 N–H and O–H groups in total. The fourth-order valence-electron chi connectivity index (χ4n) is 1.61. The standard InChI is InChI=1S/C14H10ClFN2O/c15-13-3-2-12(6-9(13)7-17)18-8-10-5-11(16)1-4-14(10)19/h1-6,18-19H,8H2.